The summed E-state index contributed by atoms with van der Waals surface area (Å²) in [5, 5.41) is 12.1. The molecule has 0 aromatic carbocycles. The van der Waals surface area contributed by atoms with E-state index in [1.54, 1.807) is 12.3 Å². The molecule has 27 heavy (non-hydrogen) atoms. The molecule has 6 heteroatoms. The summed E-state index contributed by atoms with van der Waals surface area (Å²) in [6, 6.07) is 16.1. The summed E-state index contributed by atoms with van der Waals surface area (Å²) >= 11 is 0. The van der Waals surface area contributed by atoms with Crippen LogP contribution in [0.3, 0.4) is 0 Å². The smallest absolute Gasteiger partial charge is 0.140 e. The molecule has 0 spiro atoms. The second-order valence-electron chi connectivity index (χ2n) is 6.60. The highest BCUT2D eigenvalue weighted by Gasteiger charge is 2.27. The summed E-state index contributed by atoms with van der Waals surface area (Å²) in [4.78, 5) is 15.5. The predicted molar refractivity (Wildman–Crippen MR) is 103 cm³/mol. The Labute approximate surface area is 158 Å². The zero-order valence-corrected chi connectivity index (χ0v) is 14.9. The summed E-state index contributed by atoms with van der Waals surface area (Å²) in [5.74, 6) is 0.787. The molecular formula is C21H20N6. The van der Waals surface area contributed by atoms with E-state index in [0.717, 1.165) is 36.7 Å². The van der Waals surface area contributed by atoms with Crippen molar-refractivity contribution < 1.29 is 0 Å². The molecule has 4 heterocycles. The van der Waals surface area contributed by atoms with Crippen LogP contribution in [-0.2, 0) is 6.54 Å². The van der Waals surface area contributed by atoms with Gasteiger partial charge in [0.05, 0.1) is 23.6 Å². The fraction of sp³-hybridized carbons (Fsp3) is 0.238. The lowest BCUT2D eigenvalue weighted by molar-refractivity contribution is 0.244. The van der Waals surface area contributed by atoms with Gasteiger partial charge in [-0.05, 0) is 61.3 Å². The standard InChI is InChI=1S/C21H20N6/c22-13-17-6-7-18(14-24-17)25-21-5-1-3-19(26-21)20-4-2-12-27(20)15-16-8-10-23-11-9-16/h1,3,5-11,14,20H,2,4,12,15H2,(H,25,26)/t20-/m0/s1. The number of aromatic nitrogens is 3. The first kappa shape index (κ1) is 17.1. The molecule has 0 radical (unpaired) electrons. The van der Waals surface area contributed by atoms with E-state index in [4.69, 9.17) is 10.2 Å². The van der Waals surface area contributed by atoms with Crippen molar-refractivity contribution in [1.29, 1.82) is 5.26 Å². The molecule has 6 nitrogen and oxygen atoms in total. The predicted octanol–water partition coefficient (Wildman–Crippen LogP) is 3.82. The van der Waals surface area contributed by atoms with Crippen molar-refractivity contribution in [2.75, 3.05) is 11.9 Å². The molecule has 0 amide bonds. The zero-order chi connectivity index (χ0) is 18.5. The molecule has 0 aliphatic carbocycles. The first-order valence-electron chi connectivity index (χ1n) is 9.05. The van der Waals surface area contributed by atoms with E-state index in [-0.39, 0.29) is 0 Å². The highest BCUT2D eigenvalue weighted by molar-refractivity contribution is 5.55. The average Bonchev–Trinajstić information content (AvgIpc) is 3.18. The van der Waals surface area contributed by atoms with Gasteiger partial charge in [0.1, 0.15) is 17.6 Å². The second-order valence-corrected chi connectivity index (χ2v) is 6.60. The lowest BCUT2D eigenvalue weighted by Gasteiger charge is -2.24. The van der Waals surface area contributed by atoms with Gasteiger partial charge >= 0.3 is 0 Å². The normalized spacial score (nSPS) is 16.8. The maximum atomic E-state index is 8.85. The van der Waals surface area contributed by atoms with Gasteiger partial charge in [-0.15, -0.1) is 0 Å². The van der Waals surface area contributed by atoms with E-state index in [2.05, 4.69) is 38.4 Å². The van der Waals surface area contributed by atoms with Gasteiger partial charge in [0.2, 0.25) is 0 Å². The quantitative estimate of drug-likeness (QED) is 0.749. The number of rotatable bonds is 5. The lowest BCUT2D eigenvalue weighted by atomic mass is 10.1. The van der Waals surface area contributed by atoms with Crippen LogP contribution in [0.15, 0.2) is 61.1 Å². The van der Waals surface area contributed by atoms with E-state index in [0.29, 0.717) is 11.7 Å². The molecule has 134 valence electrons. The molecule has 3 aromatic rings. The topological polar surface area (TPSA) is 77.7 Å². The van der Waals surface area contributed by atoms with Gasteiger partial charge in [-0.2, -0.15) is 5.26 Å². The van der Waals surface area contributed by atoms with Crippen LogP contribution in [-0.4, -0.2) is 26.4 Å². The van der Waals surface area contributed by atoms with Gasteiger partial charge < -0.3 is 5.32 Å². The number of hydrogen-bond donors (Lipinski definition) is 1. The third kappa shape index (κ3) is 4.10. The van der Waals surface area contributed by atoms with Crippen LogP contribution in [0.5, 0.6) is 0 Å². The maximum Gasteiger partial charge on any atom is 0.140 e. The summed E-state index contributed by atoms with van der Waals surface area (Å²) in [5.41, 5.74) is 3.57. The van der Waals surface area contributed by atoms with Crippen molar-refractivity contribution in [3.05, 3.63) is 78.0 Å². The van der Waals surface area contributed by atoms with Crippen LogP contribution in [0.25, 0.3) is 0 Å². The van der Waals surface area contributed by atoms with Crippen molar-refractivity contribution in [2.24, 2.45) is 0 Å². The van der Waals surface area contributed by atoms with Crippen molar-refractivity contribution in [1.82, 2.24) is 19.9 Å². The molecular weight excluding hydrogens is 336 g/mol. The fourth-order valence-electron chi connectivity index (χ4n) is 3.46. The number of pyridine rings is 3. The van der Waals surface area contributed by atoms with Gasteiger partial charge in [0.15, 0.2) is 0 Å². The molecule has 1 saturated heterocycles. The van der Waals surface area contributed by atoms with E-state index in [1.807, 2.05) is 36.7 Å². The Bertz CT molecular complexity index is 933. The molecule has 1 aliphatic heterocycles. The minimum Gasteiger partial charge on any atom is -0.339 e. The zero-order valence-electron chi connectivity index (χ0n) is 14.9. The van der Waals surface area contributed by atoms with Gasteiger partial charge in [0.25, 0.3) is 0 Å². The molecule has 1 N–H and O–H groups in total. The van der Waals surface area contributed by atoms with Crippen LogP contribution < -0.4 is 5.32 Å². The minimum atomic E-state index is 0.319. The highest BCUT2D eigenvalue weighted by atomic mass is 15.2. The largest absolute Gasteiger partial charge is 0.339 e. The Kier molecular flexibility index (Phi) is 5.04. The molecule has 0 unspecified atom stereocenters. The van der Waals surface area contributed by atoms with Crippen LogP contribution in [0.4, 0.5) is 11.5 Å². The van der Waals surface area contributed by atoms with Gasteiger partial charge in [-0.1, -0.05) is 6.07 Å². The fourth-order valence-corrected chi connectivity index (χ4v) is 3.46. The van der Waals surface area contributed by atoms with Crippen molar-refractivity contribution >= 4 is 11.5 Å². The number of anilines is 2. The molecule has 4 rings (SSSR count). The van der Waals surface area contributed by atoms with Crippen LogP contribution in [0.1, 0.15) is 35.8 Å². The number of nitrogens with one attached hydrogen (secondary N) is 1. The molecule has 1 fully saturated rings. The average molecular weight is 356 g/mol. The highest BCUT2D eigenvalue weighted by Crippen LogP contribution is 2.32. The summed E-state index contributed by atoms with van der Waals surface area (Å²) in [6.45, 7) is 1.98. The van der Waals surface area contributed by atoms with Gasteiger partial charge in [0, 0.05) is 18.9 Å². The van der Waals surface area contributed by atoms with E-state index >= 15 is 0 Å². The second kappa shape index (κ2) is 7.94. The Hall–Kier alpha value is -3.30. The third-order valence-electron chi connectivity index (χ3n) is 4.76. The van der Waals surface area contributed by atoms with E-state index < -0.39 is 0 Å². The third-order valence-corrected chi connectivity index (χ3v) is 4.76. The number of hydrogen-bond acceptors (Lipinski definition) is 6. The van der Waals surface area contributed by atoms with Crippen LogP contribution in [0, 0.1) is 11.3 Å². The Morgan fingerprint density at radius 2 is 2.04 bits per heavy atom. The van der Waals surface area contributed by atoms with E-state index in [1.165, 1.54) is 12.0 Å². The Morgan fingerprint density at radius 1 is 1.15 bits per heavy atom. The summed E-state index contributed by atoms with van der Waals surface area (Å²) in [7, 11) is 0. The molecule has 1 aliphatic rings. The van der Waals surface area contributed by atoms with Crippen LogP contribution >= 0.6 is 0 Å². The van der Waals surface area contributed by atoms with Crippen LogP contribution in [0.2, 0.25) is 0 Å². The Morgan fingerprint density at radius 3 is 2.81 bits per heavy atom. The summed E-state index contributed by atoms with van der Waals surface area (Å²) in [6.07, 6.45) is 7.62. The lowest BCUT2D eigenvalue weighted by Crippen LogP contribution is -2.23. The molecule has 3 aromatic heterocycles. The first-order chi connectivity index (χ1) is 13.3. The number of nitriles is 1. The SMILES string of the molecule is N#Cc1ccc(Nc2cccc([C@@H]3CCCN3Cc3ccncc3)n2)cn1. The minimum absolute atomic E-state index is 0.319. The number of nitrogens with zero attached hydrogens (tertiary/aromatic N) is 5. The van der Waals surface area contributed by atoms with Crippen molar-refractivity contribution in [3.8, 4) is 6.07 Å². The van der Waals surface area contributed by atoms with Gasteiger partial charge in [-0.3, -0.25) is 9.88 Å². The van der Waals surface area contributed by atoms with Gasteiger partial charge in [-0.25, -0.2) is 9.97 Å². The first-order valence-corrected chi connectivity index (χ1v) is 9.05. The monoisotopic (exact) mass is 356 g/mol. The molecule has 0 saturated carbocycles. The van der Waals surface area contributed by atoms with Crippen molar-refractivity contribution in [3.63, 3.8) is 0 Å². The van der Waals surface area contributed by atoms with E-state index in [9.17, 15) is 0 Å². The molecule has 1 atom stereocenters. The molecule has 0 bridgehead atoms. The van der Waals surface area contributed by atoms with Crippen molar-refractivity contribution in [2.45, 2.75) is 25.4 Å². The number of likely N-dealkylation sites (tertiary alicyclic amines) is 1. The summed E-state index contributed by atoms with van der Waals surface area (Å²) < 4.78 is 0. The Balaban J connectivity index is 1.50. The maximum absolute atomic E-state index is 8.85.